The fourth-order valence-corrected chi connectivity index (χ4v) is 4.57. The number of nitrogens with zero attached hydrogens (tertiary/aromatic N) is 5. The Morgan fingerprint density at radius 1 is 1.00 bits per heavy atom. The van der Waals surface area contributed by atoms with Crippen molar-refractivity contribution in [1.29, 1.82) is 0 Å². The van der Waals surface area contributed by atoms with Crippen LogP contribution >= 0.6 is 0 Å². The minimum atomic E-state index is -3.50. The normalized spacial score (nSPS) is 14.5. The Morgan fingerprint density at radius 2 is 1.76 bits per heavy atom. The molecule has 1 saturated heterocycles. The first-order chi connectivity index (χ1) is 16.4. The summed E-state index contributed by atoms with van der Waals surface area (Å²) in [4.78, 5) is 11.9. The first kappa shape index (κ1) is 22.3. The second-order valence-electron chi connectivity index (χ2n) is 7.94. The SMILES string of the molecule is CNS(=O)(=O)c1ccc(Nc2cc(-c3ccc4cnn(C)c4c3)nc(N3CCOCC3)n2)cc1. The van der Waals surface area contributed by atoms with E-state index in [9.17, 15) is 8.42 Å². The zero-order chi connectivity index (χ0) is 23.7. The van der Waals surface area contributed by atoms with Crippen LogP contribution in [0, 0.1) is 0 Å². The van der Waals surface area contributed by atoms with Crippen LogP contribution in [0.5, 0.6) is 0 Å². The van der Waals surface area contributed by atoms with Crippen LogP contribution in [0.15, 0.2) is 59.6 Å². The van der Waals surface area contributed by atoms with Gasteiger partial charge in [0.1, 0.15) is 5.82 Å². The van der Waals surface area contributed by atoms with Crippen molar-refractivity contribution in [2.45, 2.75) is 4.90 Å². The van der Waals surface area contributed by atoms with Gasteiger partial charge >= 0.3 is 0 Å². The summed E-state index contributed by atoms with van der Waals surface area (Å²) >= 11 is 0. The molecule has 0 unspecified atom stereocenters. The number of benzene rings is 2. The van der Waals surface area contributed by atoms with Gasteiger partial charge in [0.15, 0.2) is 0 Å². The fourth-order valence-electron chi connectivity index (χ4n) is 3.84. The number of hydrogen-bond donors (Lipinski definition) is 2. The monoisotopic (exact) mass is 479 g/mol. The lowest BCUT2D eigenvalue weighted by Gasteiger charge is -2.27. The Kier molecular flexibility index (Phi) is 5.90. The van der Waals surface area contributed by atoms with Crippen molar-refractivity contribution in [2.24, 2.45) is 7.05 Å². The maximum Gasteiger partial charge on any atom is 0.240 e. The highest BCUT2D eigenvalue weighted by Gasteiger charge is 2.17. The average Bonchev–Trinajstić information content (AvgIpc) is 3.24. The zero-order valence-electron chi connectivity index (χ0n) is 18.9. The maximum atomic E-state index is 12.0. The Balaban J connectivity index is 1.52. The van der Waals surface area contributed by atoms with Crippen molar-refractivity contribution in [3.8, 4) is 11.3 Å². The van der Waals surface area contributed by atoms with E-state index >= 15 is 0 Å². The standard InChI is InChI=1S/C23H25N7O3S/c1-24-34(31,32)19-7-5-18(6-8-19)26-22-14-20(27-23(28-22)30-9-11-33-12-10-30)16-3-4-17-15-25-29(2)21(17)13-16/h3-8,13-15,24H,9-12H2,1-2H3,(H,26,27,28). The molecule has 0 bridgehead atoms. The molecule has 0 saturated carbocycles. The van der Waals surface area contributed by atoms with Gasteiger partial charge in [0.2, 0.25) is 16.0 Å². The molecule has 176 valence electrons. The van der Waals surface area contributed by atoms with Crippen LogP contribution in [0.4, 0.5) is 17.5 Å². The van der Waals surface area contributed by atoms with E-state index < -0.39 is 10.0 Å². The van der Waals surface area contributed by atoms with E-state index in [1.54, 1.807) is 24.3 Å². The molecule has 0 aliphatic carbocycles. The van der Waals surface area contributed by atoms with Gasteiger partial charge in [-0.15, -0.1) is 0 Å². The number of morpholine rings is 1. The highest BCUT2D eigenvalue weighted by molar-refractivity contribution is 7.89. The highest BCUT2D eigenvalue weighted by atomic mass is 32.2. The van der Waals surface area contributed by atoms with Crippen LogP contribution in [0.1, 0.15) is 0 Å². The summed E-state index contributed by atoms with van der Waals surface area (Å²) in [6.45, 7) is 2.66. The molecule has 34 heavy (non-hydrogen) atoms. The largest absolute Gasteiger partial charge is 0.378 e. The summed E-state index contributed by atoms with van der Waals surface area (Å²) in [5.41, 5.74) is 3.46. The second-order valence-corrected chi connectivity index (χ2v) is 9.82. The smallest absolute Gasteiger partial charge is 0.240 e. The van der Waals surface area contributed by atoms with Crippen molar-refractivity contribution >= 4 is 38.4 Å². The number of rotatable bonds is 6. The first-order valence-electron chi connectivity index (χ1n) is 10.9. The van der Waals surface area contributed by atoms with Crippen LogP contribution < -0.4 is 14.9 Å². The molecule has 2 aromatic heterocycles. The minimum absolute atomic E-state index is 0.197. The van der Waals surface area contributed by atoms with Crippen LogP contribution in [-0.2, 0) is 21.8 Å². The number of sulfonamides is 1. The van der Waals surface area contributed by atoms with Crippen molar-refractivity contribution in [1.82, 2.24) is 24.5 Å². The summed E-state index contributed by atoms with van der Waals surface area (Å²) in [5.74, 6) is 1.23. The van der Waals surface area contributed by atoms with Gasteiger partial charge < -0.3 is 15.0 Å². The van der Waals surface area contributed by atoms with Gasteiger partial charge in [-0.25, -0.2) is 18.1 Å². The molecule has 2 N–H and O–H groups in total. The molecule has 0 spiro atoms. The van der Waals surface area contributed by atoms with E-state index in [4.69, 9.17) is 14.7 Å². The summed E-state index contributed by atoms with van der Waals surface area (Å²) in [7, 11) is -0.196. The molecular weight excluding hydrogens is 454 g/mol. The number of aromatic nitrogens is 4. The fraction of sp³-hybridized carbons (Fsp3) is 0.261. The first-order valence-corrected chi connectivity index (χ1v) is 12.4. The van der Waals surface area contributed by atoms with E-state index in [-0.39, 0.29) is 4.90 Å². The lowest BCUT2D eigenvalue weighted by molar-refractivity contribution is 0.122. The molecule has 1 fully saturated rings. The molecule has 0 amide bonds. The van der Waals surface area contributed by atoms with Gasteiger partial charge in [0, 0.05) is 42.8 Å². The van der Waals surface area contributed by atoms with Crippen molar-refractivity contribution < 1.29 is 13.2 Å². The molecule has 5 rings (SSSR count). The van der Waals surface area contributed by atoms with Crippen molar-refractivity contribution in [2.75, 3.05) is 43.6 Å². The van der Waals surface area contributed by atoms with E-state index in [2.05, 4.69) is 26.1 Å². The summed E-state index contributed by atoms with van der Waals surface area (Å²) in [6, 6.07) is 14.5. The summed E-state index contributed by atoms with van der Waals surface area (Å²) < 4.78 is 33.7. The molecule has 11 heteroatoms. The molecule has 3 heterocycles. The quantitative estimate of drug-likeness (QED) is 0.434. The Labute approximate surface area is 197 Å². The Bertz CT molecular complexity index is 1430. The molecule has 1 aliphatic rings. The lowest BCUT2D eigenvalue weighted by Crippen LogP contribution is -2.37. The number of aryl methyl sites for hydroxylation is 1. The Morgan fingerprint density at radius 3 is 2.50 bits per heavy atom. The van der Waals surface area contributed by atoms with Gasteiger partial charge in [-0.3, -0.25) is 4.68 Å². The Hall–Kier alpha value is -3.54. The van der Waals surface area contributed by atoms with E-state index in [0.29, 0.717) is 38.1 Å². The number of hydrogen-bond acceptors (Lipinski definition) is 8. The maximum absolute atomic E-state index is 12.0. The third-order valence-electron chi connectivity index (χ3n) is 5.76. The molecule has 0 atom stereocenters. The van der Waals surface area contributed by atoms with Crippen LogP contribution in [0.2, 0.25) is 0 Å². The molecule has 10 nitrogen and oxygen atoms in total. The third-order valence-corrected chi connectivity index (χ3v) is 7.19. The number of ether oxygens (including phenoxy) is 1. The average molecular weight is 480 g/mol. The van der Waals surface area contributed by atoms with Gasteiger partial charge in [0.25, 0.3) is 0 Å². The van der Waals surface area contributed by atoms with Gasteiger partial charge in [-0.05, 0) is 37.4 Å². The predicted molar refractivity (Wildman–Crippen MR) is 131 cm³/mol. The third kappa shape index (κ3) is 4.45. The molecular formula is C23H25N7O3S. The van der Waals surface area contributed by atoms with Gasteiger partial charge in [-0.1, -0.05) is 12.1 Å². The van der Waals surface area contributed by atoms with Gasteiger partial charge in [0.05, 0.1) is 35.5 Å². The van der Waals surface area contributed by atoms with E-state index in [0.717, 1.165) is 27.8 Å². The topological polar surface area (TPSA) is 114 Å². The number of nitrogens with one attached hydrogen (secondary N) is 2. The van der Waals surface area contributed by atoms with Crippen molar-refractivity contribution in [3.05, 3.63) is 54.7 Å². The molecule has 2 aromatic carbocycles. The predicted octanol–water partition coefficient (Wildman–Crippen LogP) is 2.52. The number of anilines is 3. The van der Waals surface area contributed by atoms with E-state index in [1.807, 2.05) is 36.1 Å². The minimum Gasteiger partial charge on any atom is -0.378 e. The molecule has 4 aromatic rings. The molecule has 1 aliphatic heterocycles. The van der Waals surface area contributed by atoms with Crippen molar-refractivity contribution in [3.63, 3.8) is 0 Å². The summed E-state index contributed by atoms with van der Waals surface area (Å²) in [6.07, 6.45) is 1.84. The highest BCUT2D eigenvalue weighted by Crippen LogP contribution is 2.28. The van der Waals surface area contributed by atoms with Crippen LogP contribution in [0.25, 0.3) is 22.2 Å². The van der Waals surface area contributed by atoms with Crippen LogP contribution in [0.3, 0.4) is 0 Å². The van der Waals surface area contributed by atoms with E-state index in [1.165, 1.54) is 7.05 Å². The summed E-state index contributed by atoms with van der Waals surface area (Å²) in [5, 5.41) is 8.68. The zero-order valence-corrected chi connectivity index (χ0v) is 19.7. The molecule has 0 radical (unpaired) electrons. The van der Waals surface area contributed by atoms with Crippen LogP contribution in [-0.4, -0.2) is 61.5 Å². The number of fused-ring (bicyclic) bond motifs is 1. The van der Waals surface area contributed by atoms with Gasteiger partial charge in [-0.2, -0.15) is 10.1 Å². The second kappa shape index (κ2) is 9.01. The lowest BCUT2D eigenvalue weighted by atomic mass is 10.1.